The summed E-state index contributed by atoms with van der Waals surface area (Å²) in [5.74, 6) is 0.585. The van der Waals surface area contributed by atoms with E-state index in [1.807, 2.05) is 6.92 Å². The normalized spacial score (nSPS) is 11.7. The number of carbonyl (C=O) groups is 1. The van der Waals surface area contributed by atoms with Gasteiger partial charge in [-0.15, -0.1) is 5.10 Å². The number of aromatic nitrogens is 3. The third kappa shape index (κ3) is 4.94. The van der Waals surface area contributed by atoms with Crippen molar-refractivity contribution in [1.82, 2.24) is 15.2 Å². The summed E-state index contributed by atoms with van der Waals surface area (Å²) >= 11 is 12.9. The predicted molar refractivity (Wildman–Crippen MR) is 106 cm³/mol. The van der Waals surface area contributed by atoms with Gasteiger partial charge in [-0.05, 0) is 48.5 Å². The number of carboxylic acid groups (broad SMARTS) is 1. The van der Waals surface area contributed by atoms with Crippen molar-refractivity contribution in [2.45, 2.75) is 24.9 Å². The number of hydrogen-bond acceptors (Lipinski definition) is 5. The van der Waals surface area contributed by atoms with Crippen molar-refractivity contribution in [3.05, 3.63) is 56.9 Å². The first-order valence-corrected chi connectivity index (χ1v) is 9.63. The largest absolute Gasteiger partial charge is 0.477 e. The van der Waals surface area contributed by atoms with Gasteiger partial charge in [0.15, 0.2) is 0 Å². The second-order valence-corrected chi connectivity index (χ2v) is 7.38. The molecule has 6 nitrogen and oxygen atoms in total. The molecular weight excluding hydrogens is 409 g/mol. The molecule has 0 unspecified atom stereocenters. The van der Waals surface area contributed by atoms with Gasteiger partial charge in [0.1, 0.15) is 22.3 Å². The number of furan rings is 1. The van der Waals surface area contributed by atoms with Crippen LogP contribution in [-0.4, -0.2) is 26.3 Å². The Hall–Kier alpha value is -2.22. The van der Waals surface area contributed by atoms with Crippen LogP contribution < -0.4 is 0 Å². The minimum Gasteiger partial charge on any atom is -0.477 e. The van der Waals surface area contributed by atoms with E-state index in [2.05, 4.69) is 15.2 Å². The van der Waals surface area contributed by atoms with Crippen molar-refractivity contribution in [2.24, 2.45) is 0 Å². The van der Waals surface area contributed by atoms with Crippen LogP contribution in [-0.2, 0) is 11.2 Å². The maximum atomic E-state index is 11.6. The van der Waals surface area contributed by atoms with Crippen LogP contribution >= 0.6 is 35.0 Å². The highest BCUT2D eigenvalue weighted by Gasteiger charge is 2.15. The van der Waals surface area contributed by atoms with Crippen LogP contribution in [0.15, 0.2) is 44.8 Å². The van der Waals surface area contributed by atoms with E-state index in [1.54, 1.807) is 30.3 Å². The maximum absolute atomic E-state index is 11.6. The second kappa shape index (κ2) is 8.65. The molecule has 27 heavy (non-hydrogen) atoms. The molecule has 0 saturated carbocycles. The van der Waals surface area contributed by atoms with Crippen molar-refractivity contribution < 1.29 is 14.3 Å². The van der Waals surface area contributed by atoms with Crippen LogP contribution in [0, 0.1) is 0 Å². The molecule has 0 aliphatic rings. The zero-order valence-electron chi connectivity index (χ0n) is 14.2. The summed E-state index contributed by atoms with van der Waals surface area (Å²) in [6.07, 6.45) is 3.11. The number of aryl methyl sites for hydroxylation is 1. The van der Waals surface area contributed by atoms with Gasteiger partial charge in [0.2, 0.25) is 5.16 Å². The summed E-state index contributed by atoms with van der Waals surface area (Å²) in [5.41, 5.74) is 0.742. The highest BCUT2D eigenvalue weighted by molar-refractivity contribution is 8.04. The van der Waals surface area contributed by atoms with Crippen molar-refractivity contribution in [3.8, 4) is 11.3 Å². The monoisotopic (exact) mass is 423 g/mol. The lowest BCUT2D eigenvalue weighted by Gasteiger charge is -2.00. The quantitative estimate of drug-likeness (QED) is 0.382. The van der Waals surface area contributed by atoms with E-state index >= 15 is 0 Å². The van der Waals surface area contributed by atoms with E-state index in [9.17, 15) is 9.90 Å². The van der Waals surface area contributed by atoms with Crippen LogP contribution in [0.4, 0.5) is 0 Å². The minimum absolute atomic E-state index is 0.0482. The number of nitrogens with zero attached hydrogens (tertiary/aromatic N) is 2. The highest BCUT2D eigenvalue weighted by atomic mass is 35.5. The SMILES string of the molecule is CCCc1nc(S/C(=C\c2ccc(-c3ccc(Cl)c(Cl)c3)o2)C(=O)O)n[nH]1. The smallest absolute Gasteiger partial charge is 0.342 e. The number of halogens is 2. The fraction of sp³-hybridized carbons (Fsp3) is 0.167. The van der Waals surface area contributed by atoms with E-state index in [4.69, 9.17) is 27.6 Å². The Balaban J connectivity index is 1.82. The Morgan fingerprint density at radius 2 is 2.11 bits per heavy atom. The first kappa shape index (κ1) is 19.5. The molecule has 2 aromatic heterocycles. The molecule has 0 spiro atoms. The first-order chi connectivity index (χ1) is 13.0. The summed E-state index contributed by atoms with van der Waals surface area (Å²) in [6.45, 7) is 2.03. The zero-order valence-corrected chi connectivity index (χ0v) is 16.5. The Kier molecular flexibility index (Phi) is 6.26. The molecule has 0 fully saturated rings. The minimum atomic E-state index is -1.09. The molecule has 9 heteroatoms. The summed E-state index contributed by atoms with van der Waals surface area (Å²) in [5, 5.41) is 17.5. The fourth-order valence-electron chi connectivity index (χ4n) is 2.27. The third-order valence-electron chi connectivity index (χ3n) is 3.51. The van der Waals surface area contributed by atoms with Crippen molar-refractivity contribution >= 4 is 47.0 Å². The molecule has 0 aliphatic heterocycles. The molecule has 0 radical (unpaired) electrons. The van der Waals surface area contributed by atoms with E-state index in [-0.39, 0.29) is 4.91 Å². The number of H-pyrrole nitrogens is 1. The van der Waals surface area contributed by atoms with Gasteiger partial charge in [-0.25, -0.2) is 9.78 Å². The number of thioether (sulfide) groups is 1. The number of carboxylic acids is 1. The van der Waals surface area contributed by atoms with Gasteiger partial charge in [0.05, 0.1) is 10.0 Å². The predicted octanol–water partition coefficient (Wildman–Crippen LogP) is 5.54. The number of aromatic amines is 1. The lowest BCUT2D eigenvalue weighted by Crippen LogP contribution is -1.97. The molecular formula is C18H15Cl2N3O3S. The molecule has 0 atom stereocenters. The van der Waals surface area contributed by atoms with Crippen molar-refractivity contribution in [2.75, 3.05) is 0 Å². The van der Waals surface area contributed by atoms with Gasteiger partial charge in [-0.1, -0.05) is 30.1 Å². The van der Waals surface area contributed by atoms with Gasteiger partial charge >= 0.3 is 5.97 Å². The van der Waals surface area contributed by atoms with Gasteiger partial charge < -0.3 is 9.52 Å². The van der Waals surface area contributed by atoms with Gasteiger partial charge in [0.25, 0.3) is 0 Å². The van der Waals surface area contributed by atoms with Gasteiger partial charge in [0, 0.05) is 18.1 Å². The molecule has 0 amide bonds. The summed E-state index contributed by atoms with van der Waals surface area (Å²) in [7, 11) is 0. The van der Waals surface area contributed by atoms with Crippen LogP contribution in [0.25, 0.3) is 17.4 Å². The molecule has 2 heterocycles. The molecule has 2 N–H and O–H groups in total. The molecule has 0 saturated heterocycles. The topological polar surface area (TPSA) is 92.0 Å². The lowest BCUT2D eigenvalue weighted by molar-refractivity contribution is -0.131. The first-order valence-electron chi connectivity index (χ1n) is 8.05. The van der Waals surface area contributed by atoms with Crippen LogP contribution in [0.3, 0.4) is 0 Å². The van der Waals surface area contributed by atoms with E-state index < -0.39 is 5.97 Å². The Morgan fingerprint density at radius 1 is 1.30 bits per heavy atom. The summed E-state index contributed by atoms with van der Waals surface area (Å²) in [4.78, 5) is 15.9. The number of aliphatic carboxylic acids is 1. The Bertz CT molecular complexity index is 997. The number of benzene rings is 1. The summed E-state index contributed by atoms with van der Waals surface area (Å²) < 4.78 is 5.72. The zero-order chi connectivity index (χ0) is 19.4. The molecule has 1 aromatic carbocycles. The average molecular weight is 424 g/mol. The molecule has 0 bridgehead atoms. The number of nitrogens with one attached hydrogen (secondary N) is 1. The maximum Gasteiger partial charge on any atom is 0.342 e. The van der Waals surface area contributed by atoms with E-state index in [1.165, 1.54) is 6.08 Å². The number of rotatable bonds is 7. The molecule has 0 aliphatic carbocycles. The lowest BCUT2D eigenvalue weighted by atomic mass is 10.2. The van der Waals surface area contributed by atoms with E-state index in [0.29, 0.717) is 26.7 Å². The van der Waals surface area contributed by atoms with Crippen LogP contribution in [0.1, 0.15) is 24.9 Å². The van der Waals surface area contributed by atoms with Gasteiger partial charge in [-0.2, -0.15) is 0 Å². The second-order valence-electron chi connectivity index (χ2n) is 5.56. The standard InChI is InChI=1S/C18H15Cl2N3O3S/c1-2-3-16-21-18(23-22-16)27-15(17(24)25)9-11-5-7-14(26-11)10-4-6-12(19)13(20)8-10/h4-9H,2-3H2,1H3,(H,24,25)(H,21,22,23)/b15-9-. The molecule has 140 valence electrons. The Morgan fingerprint density at radius 3 is 2.81 bits per heavy atom. The fourth-order valence-corrected chi connectivity index (χ4v) is 3.27. The molecule has 3 aromatic rings. The third-order valence-corrected chi connectivity index (χ3v) is 5.13. The number of hydrogen-bond donors (Lipinski definition) is 2. The van der Waals surface area contributed by atoms with Crippen molar-refractivity contribution in [3.63, 3.8) is 0 Å². The van der Waals surface area contributed by atoms with E-state index in [0.717, 1.165) is 36.0 Å². The highest BCUT2D eigenvalue weighted by Crippen LogP contribution is 2.31. The average Bonchev–Trinajstić information content (AvgIpc) is 3.27. The Labute approximate surface area is 169 Å². The van der Waals surface area contributed by atoms with Crippen LogP contribution in [0.2, 0.25) is 10.0 Å². The van der Waals surface area contributed by atoms with Crippen LogP contribution in [0.5, 0.6) is 0 Å². The summed E-state index contributed by atoms with van der Waals surface area (Å²) in [6, 6.07) is 8.55. The van der Waals surface area contributed by atoms with Crippen molar-refractivity contribution in [1.29, 1.82) is 0 Å². The van der Waals surface area contributed by atoms with Gasteiger partial charge in [-0.3, -0.25) is 5.10 Å². The molecule has 3 rings (SSSR count).